The molecule has 2 aliphatic rings. The molecule has 9 amide bonds. The van der Waals surface area contributed by atoms with E-state index in [1.165, 1.54) is 45.0 Å². The number of benzene rings is 3. The highest BCUT2D eigenvalue weighted by Crippen LogP contribution is 2.49. The number of hydrogen-bond donors (Lipinski definition) is 6. The fourth-order valence-corrected chi connectivity index (χ4v) is 12.1. The molecule has 2 atom stereocenters. The summed E-state index contributed by atoms with van der Waals surface area (Å²) >= 11 is 8.08. The van der Waals surface area contributed by atoms with Crippen LogP contribution in [0.3, 0.4) is 0 Å². The van der Waals surface area contributed by atoms with Gasteiger partial charge < -0.3 is 65.8 Å². The van der Waals surface area contributed by atoms with Gasteiger partial charge in [-0.05, 0) is 123 Å². The number of nitrogens with two attached hydrogens (primary N) is 1. The van der Waals surface area contributed by atoms with Crippen LogP contribution in [0.5, 0.6) is 11.5 Å². The molecule has 0 spiro atoms. The Balaban J connectivity index is 0.881. The minimum Gasteiger partial charge on any atom is -0.492 e. The SMILES string of the molecule is Cc1csc2c(OC(=O)N(C)CC(C)(C)CN(C)C(=O)OCc3ccc(NC(=O)C(CCCNC(N)=O)NC(=O)CNC(=O)CCCCCN(C)C(=O)/C=C\C=O)cc3)cc3c(c12)C(CCl)CN3C(=O)c1cc2cc(OCCN3CCCC3)ccc2[nH]1. The topological polar surface area (TPSA) is 287 Å². The third-order valence-electron chi connectivity index (χ3n) is 15.1. The molecule has 5 aromatic rings. The van der Waals surface area contributed by atoms with E-state index in [4.69, 9.17) is 31.5 Å². The Kier molecular flexibility index (Phi) is 24.0. The predicted octanol–water partition coefficient (Wildman–Crippen LogP) is 7.64. The molecule has 2 aromatic heterocycles. The Bertz CT molecular complexity index is 3310. The number of unbranched alkanes of at least 4 members (excludes halogenated alkanes) is 2. The lowest BCUT2D eigenvalue weighted by molar-refractivity contribution is -0.128. The molecule has 468 valence electrons. The average molecular weight is 1240 g/mol. The quantitative estimate of drug-likeness (QED) is 0.0112. The first-order chi connectivity index (χ1) is 41.6. The van der Waals surface area contributed by atoms with E-state index in [0.29, 0.717) is 80.0 Å². The summed E-state index contributed by atoms with van der Waals surface area (Å²) in [5.41, 5.74) is 9.31. The first-order valence-corrected chi connectivity index (χ1v) is 30.6. The van der Waals surface area contributed by atoms with E-state index in [0.717, 1.165) is 63.6 Å². The Morgan fingerprint density at radius 3 is 2.34 bits per heavy atom. The van der Waals surface area contributed by atoms with Gasteiger partial charge in [-0.1, -0.05) is 32.4 Å². The second-order valence-corrected chi connectivity index (χ2v) is 24.1. The van der Waals surface area contributed by atoms with Crippen molar-refractivity contribution in [3.63, 3.8) is 0 Å². The lowest BCUT2D eigenvalue weighted by atomic mass is 9.92. The summed E-state index contributed by atoms with van der Waals surface area (Å²) in [5.74, 6) is -0.889. The molecule has 3 aromatic carbocycles. The van der Waals surface area contributed by atoms with E-state index < -0.39 is 41.5 Å². The fourth-order valence-electron chi connectivity index (χ4n) is 10.8. The number of primary amides is 1. The summed E-state index contributed by atoms with van der Waals surface area (Å²) in [6.07, 6.45) is 6.40. The molecular weight excluding hydrogens is 1160 g/mol. The lowest BCUT2D eigenvalue weighted by Gasteiger charge is -2.33. The van der Waals surface area contributed by atoms with E-state index in [-0.39, 0.29) is 75.1 Å². The first-order valence-electron chi connectivity index (χ1n) is 29.2. The molecule has 0 aliphatic carbocycles. The standard InChI is InChI=1S/C62H80ClN11O12S/c1-40-37-87-56-50(32-49-55(54(40)56)43(33-63)35-74(49)58(80)48-31-42-30-45(21-22-46(42)68-48)84-29-27-73-25-10-11-26-73)86-61(83)72(6)39-62(2,3)38-71(5)60(82)85-36-41-17-19-44(20-18-41)67-57(79)47(14-12-23-65-59(64)81)69-52(77)34-66-51(76)15-8-7-9-24-70(4)53(78)16-13-28-75/h13,16-22,28,30-32,37,43,47,68H,7-12,14-15,23-27,29,33-36,38-39H2,1-6H3,(H,66,76)(H,67,79)(H,69,77)(H3,64,65,81)/b16-13-. The average Bonchev–Trinajstić information content (AvgIpc) is 1.64. The van der Waals surface area contributed by atoms with Crippen molar-refractivity contribution in [3.8, 4) is 11.5 Å². The van der Waals surface area contributed by atoms with Crippen LogP contribution in [0, 0.1) is 12.3 Å². The molecule has 2 aliphatic heterocycles. The van der Waals surface area contributed by atoms with Crippen molar-refractivity contribution in [1.82, 2.24) is 40.5 Å². The second-order valence-electron chi connectivity index (χ2n) is 22.9. The largest absolute Gasteiger partial charge is 0.492 e. The predicted molar refractivity (Wildman–Crippen MR) is 335 cm³/mol. The Morgan fingerprint density at radius 1 is 0.897 bits per heavy atom. The van der Waals surface area contributed by atoms with Crippen molar-refractivity contribution in [2.24, 2.45) is 11.1 Å². The van der Waals surface area contributed by atoms with Crippen LogP contribution in [0.25, 0.3) is 21.0 Å². The van der Waals surface area contributed by atoms with Gasteiger partial charge >= 0.3 is 18.2 Å². The van der Waals surface area contributed by atoms with Gasteiger partial charge in [0, 0.05) is 118 Å². The van der Waals surface area contributed by atoms with Crippen LogP contribution >= 0.6 is 22.9 Å². The number of halogens is 1. The van der Waals surface area contributed by atoms with Crippen LogP contribution in [0.1, 0.15) is 98.3 Å². The number of aryl methyl sites for hydroxylation is 1. The molecule has 0 bridgehead atoms. The van der Waals surface area contributed by atoms with Crippen molar-refractivity contribution < 1.29 is 57.4 Å². The number of aldehydes is 1. The van der Waals surface area contributed by atoms with Crippen molar-refractivity contribution in [3.05, 3.63) is 94.5 Å². The van der Waals surface area contributed by atoms with E-state index >= 15 is 0 Å². The number of nitrogens with one attached hydrogen (secondary N) is 5. The summed E-state index contributed by atoms with van der Waals surface area (Å²) in [6.45, 7) is 10.3. The summed E-state index contributed by atoms with van der Waals surface area (Å²) in [5, 5.41) is 14.2. The smallest absolute Gasteiger partial charge is 0.415 e. The van der Waals surface area contributed by atoms with Crippen molar-refractivity contribution >= 4 is 109 Å². The fraction of sp³-hybridized carbons (Fsp3) is 0.468. The normalized spacial score (nSPS) is 14.3. The van der Waals surface area contributed by atoms with E-state index in [9.17, 15) is 43.2 Å². The summed E-state index contributed by atoms with van der Waals surface area (Å²) in [7, 11) is 4.84. The van der Waals surface area contributed by atoms with Crippen LogP contribution in [0.15, 0.2) is 72.1 Å². The Labute approximate surface area is 515 Å². The highest BCUT2D eigenvalue weighted by Gasteiger charge is 2.38. The minimum absolute atomic E-state index is 0.0931. The van der Waals surface area contributed by atoms with Gasteiger partial charge in [0.1, 0.15) is 37.0 Å². The van der Waals surface area contributed by atoms with Crippen LogP contribution in [-0.4, -0.2) is 177 Å². The summed E-state index contributed by atoms with van der Waals surface area (Å²) in [4.78, 5) is 126. The molecule has 23 nitrogen and oxygen atoms in total. The number of hydrogen-bond acceptors (Lipinski definition) is 14. The number of rotatable bonds is 30. The number of anilines is 2. The highest BCUT2D eigenvalue weighted by atomic mass is 35.5. The number of carbonyl (C=O) groups excluding carboxylic acids is 9. The minimum atomic E-state index is -1.04. The Morgan fingerprint density at radius 2 is 1.63 bits per heavy atom. The third kappa shape index (κ3) is 18.9. The number of H-pyrrole nitrogens is 1. The summed E-state index contributed by atoms with van der Waals surface area (Å²) < 4.78 is 18.7. The molecule has 0 radical (unpaired) electrons. The molecule has 4 heterocycles. The number of alkyl halides is 1. The monoisotopic (exact) mass is 1240 g/mol. The zero-order valence-corrected chi connectivity index (χ0v) is 51.9. The summed E-state index contributed by atoms with van der Waals surface area (Å²) in [6, 6.07) is 14.2. The molecule has 1 saturated heterocycles. The molecular formula is C62H80ClN11O12S. The van der Waals surface area contributed by atoms with Gasteiger partial charge in [-0.3, -0.25) is 33.7 Å². The molecule has 25 heteroatoms. The number of aromatic nitrogens is 1. The molecule has 87 heavy (non-hydrogen) atoms. The lowest BCUT2D eigenvalue weighted by Crippen LogP contribution is -2.47. The number of ether oxygens (including phenoxy) is 3. The number of amides is 9. The maximum atomic E-state index is 14.5. The number of thiophene rings is 1. The molecule has 1 fully saturated rings. The zero-order chi connectivity index (χ0) is 62.8. The zero-order valence-electron chi connectivity index (χ0n) is 50.3. The van der Waals surface area contributed by atoms with Crippen LogP contribution in [0.2, 0.25) is 0 Å². The van der Waals surface area contributed by atoms with Crippen LogP contribution < -0.4 is 41.4 Å². The molecule has 7 rings (SSSR count). The van der Waals surface area contributed by atoms with Crippen molar-refractivity contribution in [2.75, 3.05) is 103 Å². The van der Waals surface area contributed by atoms with Crippen LogP contribution in [0.4, 0.5) is 25.8 Å². The maximum Gasteiger partial charge on any atom is 0.415 e. The van der Waals surface area contributed by atoms with E-state index in [1.807, 2.05) is 50.4 Å². The van der Waals surface area contributed by atoms with Gasteiger partial charge in [-0.25, -0.2) is 14.4 Å². The maximum absolute atomic E-state index is 14.5. The number of carbonyl (C=O) groups is 9. The highest BCUT2D eigenvalue weighted by molar-refractivity contribution is 7.17. The van der Waals surface area contributed by atoms with E-state index in [2.05, 4.69) is 31.2 Å². The van der Waals surface area contributed by atoms with Gasteiger partial charge in [0.25, 0.3) is 5.91 Å². The van der Waals surface area contributed by atoms with Crippen molar-refractivity contribution in [1.29, 1.82) is 0 Å². The number of aromatic amines is 1. The van der Waals surface area contributed by atoms with Crippen LogP contribution in [-0.2, 0) is 35.3 Å². The Hall–Kier alpha value is -8.22. The number of fused-ring (bicyclic) bond motifs is 4. The number of urea groups is 1. The van der Waals surface area contributed by atoms with Gasteiger partial charge in [0.15, 0.2) is 5.75 Å². The third-order valence-corrected chi connectivity index (χ3v) is 16.6. The molecule has 2 unspecified atom stereocenters. The van der Waals surface area contributed by atoms with Gasteiger partial charge in [-0.15, -0.1) is 22.9 Å². The van der Waals surface area contributed by atoms with Crippen molar-refractivity contribution in [2.45, 2.75) is 90.7 Å². The number of nitrogens with zero attached hydrogens (tertiary/aromatic N) is 5. The number of allylic oxidation sites excluding steroid dienone is 1. The van der Waals surface area contributed by atoms with E-state index in [1.54, 1.807) is 56.4 Å². The van der Waals surface area contributed by atoms with Gasteiger partial charge in [0.2, 0.25) is 23.6 Å². The van der Waals surface area contributed by atoms with Gasteiger partial charge in [0.05, 0.1) is 16.9 Å². The first kappa shape index (κ1) is 66.3. The molecule has 0 saturated carbocycles. The molecule has 7 N–H and O–H groups in total. The van der Waals surface area contributed by atoms with Gasteiger partial charge in [-0.2, -0.15) is 0 Å². The number of likely N-dealkylation sites (tertiary alicyclic amines) is 1. The number of likely N-dealkylation sites (N-methyl/N-ethyl adjacent to an activating group) is 1. The second kappa shape index (κ2) is 31.4.